The molecule has 3 atom stereocenters. The smallest absolute Gasteiger partial charge is 0.308 e. The van der Waals surface area contributed by atoms with Gasteiger partial charge in [-0.1, -0.05) is 52.9 Å². The van der Waals surface area contributed by atoms with E-state index in [4.69, 9.17) is 21.1 Å². The van der Waals surface area contributed by atoms with Crippen molar-refractivity contribution in [3.05, 3.63) is 97.9 Å². The first-order valence-corrected chi connectivity index (χ1v) is 15.0. The lowest BCUT2D eigenvalue weighted by Crippen LogP contribution is -2.33. The van der Waals surface area contributed by atoms with Crippen molar-refractivity contribution in [3.63, 3.8) is 0 Å². The van der Waals surface area contributed by atoms with Gasteiger partial charge in [-0.25, -0.2) is 4.90 Å². The summed E-state index contributed by atoms with van der Waals surface area (Å²) in [7, 11) is 3.09. The first-order valence-electron chi connectivity index (χ1n) is 12.9. The average Bonchev–Trinajstić information content (AvgIpc) is 3.44. The number of nitrogens with one attached hydrogen (secondary N) is 1. The Kier molecular flexibility index (Phi) is 7.56. The van der Waals surface area contributed by atoms with Crippen molar-refractivity contribution < 1.29 is 23.9 Å². The third-order valence-corrected chi connectivity index (χ3v) is 10.1. The molecule has 3 unspecified atom stereocenters. The van der Waals surface area contributed by atoms with Gasteiger partial charge in [-0.2, -0.15) is 0 Å². The second-order valence-electron chi connectivity index (χ2n) is 9.67. The van der Waals surface area contributed by atoms with E-state index in [0.717, 1.165) is 23.1 Å². The van der Waals surface area contributed by atoms with Gasteiger partial charge in [0.05, 0.1) is 30.9 Å². The Morgan fingerprint density at radius 3 is 2.33 bits per heavy atom. The molecule has 3 heterocycles. The summed E-state index contributed by atoms with van der Waals surface area (Å²) in [5, 5.41) is 2.96. The Labute approximate surface area is 254 Å². The number of methoxy groups -OCH3 is 2. The number of ether oxygens (including phenoxy) is 2. The maximum Gasteiger partial charge on any atom is 0.308 e. The Morgan fingerprint density at radius 2 is 1.64 bits per heavy atom. The van der Waals surface area contributed by atoms with Crippen molar-refractivity contribution in [2.45, 2.75) is 22.7 Å². The molecule has 0 aliphatic carbocycles. The molecule has 214 valence electrons. The number of benzene rings is 3. The molecule has 2 aliphatic rings. The molecule has 1 N–H and O–H groups in total. The van der Waals surface area contributed by atoms with E-state index in [1.165, 1.54) is 16.6 Å². The number of imide groups is 1. The number of hydrogen-bond donors (Lipinski definition) is 1. The van der Waals surface area contributed by atoms with E-state index >= 15 is 0 Å². The Morgan fingerprint density at radius 1 is 0.929 bits per heavy atom. The zero-order valence-electron chi connectivity index (χ0n) is 22.4. The van der Waals surface area contributed by atoms with Gasteiger partial charge in [0, 0.05) is 27.1 Å². The van der Waals surface area contributed by atoms with Gasteiger partial charge in [-0.3, -0.25) is 23.7 Å². The van der Waals surface area contributed by atoms with Crippen molar-refractivity contribution in [2.75, 3.05) is 24.4 Å². The number of aromatic nitrogens is 1. The largest absolute Gasteiger partial charge is 0.497 e. The number of thiazole rings is 1. The molecule has 4 aromatic rings. The van der Waals surface area contributed by atoms with E-state index in [9.17, 15) is 19.2 Å². The van der Waals surface area contributed by atoms with E-state index in [1.54, 1.807) is 61.7 Å². The van der Waals surface area contributed by atoms with Crippen LogP contribution in [0.5, 0.6) is 11.5 Å². The number of halogens is 1. The number of amides is 3. The van der Waals surface area contributed by atoms with Gasteiger partial charge >= 0.3 is 4.87 Å². The van der Waals surface area contributed by atoms with Gasteiger partial charge in [0.2, 0.25) is 17.7 Å². The maximum absolute atomic E-state index is 14.0. The molecule has 1 fully saturated rings. The molecule has 0 saturated carbocycles. The van der Waals surface area contributed by atoms with E-state index in [0.29, 0.717) is 43.4 Å². The number of anilines is 2. The van der Waals surface area contributed by atoms with Crippen LogP contribution in [0.15, 0.2) is 82.6 Å². The van der Waals surface area contributed by atoms with Crippen LogP contribution in [0, 0.1) is 5.92 Å². The third kappa shape index (κ3) is 4.87. The Balaban J connectivity index is 1.41. The number of fused-ring (bicyclic) bond motifs is 2. The summed E-state index contributed by atoms with van der Waals surface area (Å²) >= 11 is 8.19. The van der Waals surface area contributed by atoms with Crippen molar-refractivity contribution in [3.8, 4) is 11.5 Å². The van der Waals surface area contributed by atoms with Gasteiger partial charge in [0.15, 0.2) is 0 Å². The van der Waals surface area contributed by atoms with Crippen LogP contribution in [0.1, 0.15) is 16.4 Å². The standard InChI is InChI=1S/C30H24ClN3O6S2/c1-39-19-13-9-17(10-14-19)32-22(35)15-33-29-26(42-30(33)38)23(20-5-3-4-6-21(20)40-2)24-25(41-29)28(37)34(27(24)36)18-11-7-16(31)8-12-18/h3-14,23-25H,15H2,1-2H3,(H,32,35). The van der Waals surface area contributed by atoms with Crippen LogP contribution >= 0.6 is 34.7 Å². The number of nitrogens with zero attached hydrogens (tertiary/aromatic N) is 2. The monoisotopic (exact) mass is 621 g/mol. The minimum atomic E-state index is -0.819. The molecule has 1 aromatic heterocycles. The molecule has 12 heteroatoms. The maximum atomic E-state index is 14.0. The lowest BCUT2D eigenvalue weighted by molar-refractivity contribution is -0.122. The predicted octanol–water partition coefficient (Wildman–Crippen LogP) is 5.01. The first kappa shape index (κ1) is 28.1. The van der Waals surface area contributed by atoms with Gasteiger partial charge in [0.1, 0.15) is 23.3 Å². The number of para-hydroxylation sites is 1. The van der Waals surface area contributed by atoms with Crippen molar-refractivity contribution in [1.82, 2.24) is 4.57 Å². The highest BCUT2D eigenvalue weighted by Gasteiger charge is 2.57. The van der Waals surface area contributed by atoms with Crippen LogP contribution in [0.4, 0.5) is 11.4 Å². The topological polar surface area (TPSA) is 107 Å². The molecule has 42 heavy (non-hydrogen) atoms. The van der Waals surface area contributed by atoms with Crippen LogP contribution in [-0.2, 0) is 20.9 Å². The molecule has 0 bridgehead atoms. The first-order chi connectivity index (χ1) is 20.3. The quantitative estimate of drug-likeness (QED) is 0.289. The highest BCUT2D eigenvalue weighted by molar-refractivity contribution is 8.00. The summed E-state index contributed by atoms with van der Waals surface area (Å²) in [6.45, 7) is -0.261. The van der Waals surface area contributed by atoms with Crippen LogP contribution in [0.3, 0.4) is 0 Å². The molecule has 2 aliphatic heterocycles. The van der Waals surface area contributed by atoms with Crippen molar-refractivity contribution in [2.24, 2.45) is 5.92 Å². The van der Waals surface area contributed by atoms with E-state index in [2.05, 4.69) is 5.32 Å². The number of thioether (sulfide) groups is 1. The second-order valence-corrected chi connectivity index (χ2v) is 12.2. The third-order valence-electron chi connectivity index (χ3n) is 7.28. The second kappa shape index (κ2) is 11.3. The normalized spacial score (nSPS) is 19.3. The van der Waals surface area contributed by atoms with E-state index < -0.39 is 28.9 Å². The number of hydrogen-bond acceptors (Lipinski definition) is 8. The molecule has 0 spiro atoms. The summed E-state index contributed by atoms with van der Waals surface area (Å²) in [5.41, 5.74) is 1.65. The van der Waals surface area contributed by atoms with Crippen LogP contribution in [0.2, 0.25) is 5.02 Å². The Hall–Kier alpha value is -4.06. The minimum Gasteiger partial charge on any atom is -0.497 e. The van der Waals surface area contributed by atoms with Gasteiger partial charge in [0.25, 0.3) is 0 Å². The van der Waals surface area contributed by atoms with Gasteiger partial charge < -0.3 is 14.8 Å². The minimum absolute atomic E-state index is 0.261. The van der Waals surface area contributed by atoms with Crippen LogP contribution < -0.4 is 24.6 Å². The van der Waals surface area contributed by atoms with E-state index in [1.807, 2.05) is 18.2 Å². The summed E-state index contributed by atoms with van der Waals surface area (Å²) in [5.74, 6) is -1.42. The fraction of sp³-hybridized carbons (Fsp3) is 0.200. The van der Waals surface area contributed by atoms with E-state index in [-0.39, 0.29) is 17.3 Å². The molecule has 0 radical (unpaired) electrons. The predicted molar refractivity (Wildman–Crippen MR) is 162 cm³/mol. The zero-order valence-corrected chi connectivity index (χ0v) is 24.8. The SMILES string of the molecule is COc1ccc(NC(=O)Cn2c3c(sc2=O)C(c2ccccc2OC)C2C(=O)N(c4ccc(Cl)cc4)C(=O)C2S3)cc1. The number of carbonyl (C=O) groups excluding carboxylic acids is 3. The number of carbonyl (C=O) groups is 3. The fourth-order valence-corrected chi connectivity index (χ4v) is 8.27. The van der Waals surface area contributed by atoms with Crippen molar-refractivity contribution in [1.29, 1.82) is 0 Å². The highest BCUT2D eigenvalue weighted by Crippen LogP contribution is 2.55. The summed E-state index contributed by atoms with van der Waals surface area (Å²) in [6, 6.07) is 20.6. The molecule has 1 saturated heterocycles. The average molecular weight is 622 g/mol. The highest BCUT2D eigenvalue weighted by atomic mass is 35.5. The van der Waals surface area contributed by atoms with Crippen molar-refractivity contribution >= 4 is 63.8 Å². The fourth-order valence-electron chi connectivity index (χ4n) is 5.38. The number of rotatable bonds is 7. The molecular weight excluding hydrogens is 598 g/mol. The summed E-state index contributed by atoms with van der Waals surface area (Å²) < 4.78 is 12.2. The summed E-state index contributed by atoms with van der Waals surface area (Å²) in [4.78, 5) is 55.7. The lowest BCUT2D eigenvalue weighted by Gasteiger charge is -2.31. The molecular formula is C30H24ClN3O6S2. The summed E-state index contributed by atoms with van der Waals surface area (Å²) in [6.07, 6.45) is 0. The molecule has 6 rings (SSSR count). The Bertz CT molecular complexity index is 1750. The lowest BCUT2D eigenvalue weighted by atomic mass is 9.82. The molecule has 3 aromatic carbocycles. The zero-order chi connectivity index (χ0) is 29.5. The van der Waals surface area contributed by atoms with Gasteiger partial charge in [-0.05, 0) is 54.6 Å². The van der Waals surface area contributed by atoms with Crippen LogP contribution in [-0.4, -0.2) is 41.8 Å². The molecule has 9 nitrogen and oxygen atoms in total. The van der Waals surface area contributed by atoms with Gasteiger partial charge in [-0.15, -0.1) is 0 Å². The van der Waals surface area contributed by atoms with Crippen LogP contribution in [0.25, 0.3) is 0 Å². The molecule has 3 amide bonds.